The van der Waals surface area contributed by atoms with Crippen LogP contribution in [0.1, 0.15) is 40.0 Å². The van der Waals surface area contributed by atoms with Crippen molar-refractivity contribution in [1.82, 2.24) is 4.98 Å². The maximum absolute atomic E-state index is 5.59. The molecule has 1 aromatic carbocycles. The van der Waals surface area contributed by atoms with Crippen LogP contribution < -0.4 is 5.32 Å². The highest BCUT2D eigenvalue weighted by Gasteiger charge is 2.09. The number of hydrogen-bond acceptors (Lipinski definition) is 3. The lowest BCUT2D eigenvalue weighted by atomic mass is 9.92. The fourth-order valence-electron chi connectivity index (χ4n) is 1.82. The van der Waals surface area contributed by atoms with Crippen LogP contribution in [0.4, 0.5) is 5.69 Å². The highest BCUT2D eigenvalue weighted by atomic mass is 16.3. The molecule has 0 aliphatic carbocycles. The van der Waals surface area contributed by atoms with Crippen LogP contribution in [0.3, 0.4) is 0 Å². The number of oxazole rings is 1. The number of benzene rings is 1. The number of rotatable bonds is 4. The Bertz CT molecular complexity index is 523. The second kappa shape index (κ2) is 5.01. The molecule has 0 aliphatic heterocycles. The molecule has 18 heavy (non-hydrogen) atoms. The van der Waals surface area contributed by atoms with Gasteiger partial charge < -0.3 is 9.73 Å². The van der Waals surface area contributed by atoms with Gasteiger partial charge in [-0.3, -0.25) is 0 Å². The second-order valence-electron chi connectivity index (χ2n) is 5.88. The van der Waals surface area contributed by atoms with Crippen molar-refractivity contribution in [3.63, 3.8) is 0 Å². The van der Waals surface area contributed by atoms with E-state index in [1.165, 1.54) is 0 Å². The quantitative estimate of drug-likeness (QED) is 0.877. The molecule has 0 saturated heterocycles. The normalized spacial score (nSPS) is 12.0. The lowest BCUT2D eigenvalue weighted by Crippen LogP contribution is -2.12. The number of nitrogens with one attached hydrogen (secondary N) is 1. The standard InChI is InChI=1S/C15H22N2O/c1-5-14-17-12-10-11(6-7-13(12)18-14)16-9-8-15(2,3)4/h6-7,10,16H,5,8-9H2,1-4H3. The summed E-state index contributed by atoms with van der Waals surface area (Å²) >= 11 is 0. The molecule has 1 heterocycles. The van der Waals surface area contributed by atoms with Crippen molar-refractivity contribution in [1.29, 1.82) is 0 Å². The Kier molecular flexibility index (Phi) is 3.60. The van der Waals surface area contributed by atoms with E-state index in [1.807, 2.05) is 13.0 Å². The topological polar surface area (TPSA) is 38.1 Å². The zero-order valence-corrected chi connectivity index (χ0v) is 11.7. The molecule has 0 aliphatic rings. The van der Waals surface area contributed by atoms with E-state index in [4.69, 9.17) is 4.42 Å². The van der Waals surface area contributed by atoms with Gasteiger partial charge in [0.05, 0.1) is 0 Å². The van der Waals surface area contributed by atoms with Crippen molar-refractivity contribution in [2.45, 2.75) is 40.5 Å². The molecule has 2 aromatic rings. The van der Waals surface area contributed by atoms with Gasteiger partial charge in [0.1, 0.15) is 5.52 Å². The maximum atomic E-state index is 5.59. The molecule has 0 unspecified atom stereocenters. The second-order valence-corrected chi connectivity index (χ2v) is 5.88. The molecule has 0 bridgehead atoms. The molecule has 1 aromatic heterocycles. The summed E-state index contributed by atoms with van der Waals surface area (Å²) < 4.78 is 5.59. The van der Waals surface area contributed by atoms with Gasteiger partial charge in [-0.2, -0.15) is 0 Å². The Morgan fingerprint density at radius 1 is 1.28 bits per heavy atom. The van der Waals surface area contributed by atoms with Gasteiger partial charge in [0.2, 0.25) is 0 Å². The summed E-state index contributed by atoms with van der Waals surface area (Å²) in [4.78, 5) is 4.44. The first kappa shape index (κ1) is 12.9. The Hall–Kier alpha value is -1.51. The highest BCUT2D eigenvalue weighted by Crippen LogP contribution is 2.22. The zero-order chi connectivity index (χ0) is 13.2. The summed E-state index contributed by atoms with van der Waals surface area (Å²) in [6.07, 6.45) is 1.98. The molecule has 3 heteroatoms. The molecule has 0 fully saturated rings. The van der Waals surface area contributed by atoms with Crippen LogP contribution in [0.15, 0.2) is 22.6 Å². The minimum absolute atomic E-state index is 0.361. The number of fused-ring (bicyclic) bond motifs is 1. The van der Waals surface area contributed by atoms with Gasteiger partial charge in [-0.1, -0.05) is 27.7 Å². The summed E-state index contributed by atoms with van der Waals surface area (Å²) in [6.45, 7) is 9.79. The summed E-state index contributed by atoms with van der Waals surface area (Å²) in [7, 11) is 0. The molecule has 0 amide bonds. The van der Waals surface area contributed by atoms with E-state index in [1.54, 1.807) is 0 Å². The number of hydrogen-bond donors (Lipinski definition) is 1. The molecular weight excluding hydrogens is 224 g/mol. The Morgan fingerprint density at radius 3 is 2.72 bits per heavy atom. The number of nitrogens with zero attached hydrogens (tertiary/aromatic N) is 1. The van der Waals surface area contributed by atoms with Crippen LogP contribution in [-0.2, 0) is 6.42 Å². The number of aromatic nitrogens is 1. The predicted molar refractivity (Wildman–Crippen MR) is 75.9 cm³/mol. The number of aryl methyl sites for hydroxylation is 1. The first-order chi connectivity index (χ1) is 8.48. The largest absolute Gasteiger partial charge is 0.441 e. The lowest BCUT2D eigenvalue weighted by molar-refractivity contribution is 0.390. The van der Waals surface area contributed by atoms with Crippen LogP contribution in [-0.4, -0.2) is 11.5 Å². The Morgan fingerprint density at radius 2 is 2.06 bits per heavy atom. The highest BCUT2D eigenvalue weighted by molar-refractivity contribution is 5.77. The Labute approximate surface area is 109 Å². The molecule has 0 saturated carbocycles. The summed E-state index contributed by atoms with van der Waals surface area (Å²) in [6, 6.07) is 6.09. The van der Waals surface area contributed by atoms with Crippen molar-refractivity contribution in [2.24, 2.45) is 5.41 Å². The third kappa shape index (κ3) is 3.25. The molecule has 3 nitrogen and oxygen atoms in total. The minimum atomic E-state index is 0.361. The van der Waals surface area contributed by atoms with E-state index in [2.05, 4.69) is 43.2 Å². The molecule has 0 spiro atoms. The molecule has 1 N–H and O–H groups in total. The fourth-order valence-corrected chi connectivity index (χ4v) is 1.82. The molecule has 98 valence electrons. The van der Waals surface area contributed by atoms with Gasteiger partial charge in [0.15, 0.2) is 11.5 Å². The predicted octanol–water partition coefficient (Wildman–Crippen LogP) is 4.24. The van der Waals surface area contributed by atoms with E-state index in [0.29, 0.717) is 5.41 Å². The van der Waals surface area contributed by atoms with E-state index < -0.39 is 0 Å². The summed E-state index contributed by atoms with van der Waals surface area (Å²) in [5.74, 6) is 0.803. The Balaban J connectivity index is 2.05. The maximum Gasteiger partial charge on any atom is 0.195 e. The minimum Gasteiger partial charge on any atom is -0.441 e. The summed E-state index contributed by atoms with van der Waals surface area (Å²) in [5.41, 5.74) is 3.28. The van der Waals surface area contributed by atoms with Crippen molar-refractivity contribution in [2.75, 3.05) is 11.9 Å². The third-order valence-electron chi connectivity index (χ3n) is 2.94. The first-order valence-electron chi connectivity index (χ1n) is 6.61. The third-order valence-corrected chi connectivity index (χ3v) is 2.94. The van der Waals surface area contributed by atoms with E-state index in [0.717, 1.165) is 42.1 Å². The zero-order valence-electron chi connectivity index (χ0n) is 11.7. The molecule has 0 radical (unpaired) electrons. The van der Waals surface area contributed by atoms with Crippen LogP contribution in [0, 0.1) is 5.41 Å². The smallest absolute Gasteiger partial charge is 0.195 e. The average molecular weight is 246 g/mol. The van der Waals surface area contributed by atoms with Gasteiger partial charge in [-0.15, -0.1) is 0 Å². The lowest BCUT2D eigenvalue weighted by Gasteiger charge is -2.18. The van der Waals surface area contributed by atoms with Crippen LogP contribution in [0.2, 0.25) is 0 Å². The molecule has 0 atom stereocenters. The van der Waals surface area contributed by atoms with Crippen LogP contribution in [0.5, 0.6) is 0 Å². The van der Waals surface area contributed by atoms with Crippen LogP contribution in [0.25, 0.3) is 11.1 Å². The fraction of sp³-hybridized carbons (Fsp3) is 0.533. The molecular formula is C15H22N2O. The van der Waals surface area contributed by atoms with Gasteiger partial charge >= 0.3 is 0 Å². The summed E-state index contributed by atoms with van der Waals surface area (Å²) in [5, 5.41) is 3.44. The van der Waals surface area contributed by atoms with Crippen molar-refractivity contribution in [3.05, 3.63) is 24.1 Å². The monoisotopic (exact) mass is 246 g/mol. The van der Waals surface area contributed by atoms with Gasteiger partial charge in [-0.25, -0.2) is 4.98 Å². The van der Waals surface area contributed by atoms with Crippen molar-refractivity contribution < 1.29 is 4.42 Å². The number of anilines is 1. The van der Waals surface area contributed by atoms with Crippen LogP contribution >= 0.6 is 0 Å². The molecule has 2 rings (SSSR count). The SMILES string of the molecule is CCc1nc2cc(NCCC(C)(C)C)ccc2o1. The van der Waals surface area contributed by atoms with Crippen molar-refractivity contribution in [3.8, 4) is 0 Å². The van der Waals surface area contributed by atoms with E-state index in [-0.39, 0.29) is 0 Å². The van der Waals surface area contributed by atoms with E-state index in [9.17, 15) is 0 Å². The van der Waals surface area contributed by atoms with Gasteiger partial charge in [-0.05, 0) is 30.0 Å². The van der Waals surface area contributed by atoms with Gasteiger partial charge in [0.25, 0.3) is 0 Å². The van der Waals surface area contributed by atoms with Crippen molar-refractivity contribution >= 4 is 16.8 Å². The van der Waals surface area contributed by atoms with E-state index >= 15 is 0 Å². The first-order valence-corrected chi connectivity index (χ1v) is 6.61. The van der Waals surface area contributed by atoms with Gasteiger partial charge in [0, 0.05) is 18.7 Å². The average Bonchev–Trinajstić information content (AvgIpc) is 2.69.